The van der Waals surface area contributed by atoms with Gasteiger partial charge in [0.15, 0.2) is 0 Å². The molecule has 1 aliphatic heterocycles. The molecule has 2 aliphatic carbocycles. The Morgan fingerprint density at radius 2 is 1.78 bits per heavy atom. The number of aromatic nitrogens is 2. The van der Waals surface area contributed by atoms with Crippen LogP contribution in [0.1, 0.15) is 63.8 Å². The van der Waals surface area contributed by atoms with Gasteiger partial charge in [0.05, 0.1) is 0 Å². The zero-order valence-corrected chi connectivity index (χ0v) is 16.5. The van der Waals surface area contributed by atoms with Crippen molar-refractivity contribution in [1.29, 1.82) is 0 Å². The van der Waals surface area contributed by atoms with E-state index in [-0.39, 0.29) is 5.69 Å². The van der Waals surface area contributed by atoms with Crippen molar-refractivity contribution in [1.82, 2.24) is 20.2 Å². The largest absolute Gasteiger partial charge is 0.354 e. The fraction of sp³-hybridized carbons (Fsp3) is 0.810. The van der Waals surface area contributed by atoms with Gasteiger partial charge < -0.3 is 15.5 Å². The third-order valence-electron chi connectivity index (χ3n) is 6.77. The van der Waals surface area contributed by atoms with Crippen molar-refractivity contribution in [2.75, 3.05) is 37.6 Å². The molecule has 6 nitrogen and oxygen atoms in total. The molecule has 2 N–H and O–H groups in total. The van der Waals surface area contributed by atoms with E-state index < -0.39 is 0 Å². The lowest BCUT2D eigenvalue weighted by atomic mass is 9.85. The summed E-state index contributed by atoms with van der Waals surface area (Å²) in [4.78, 5) is 19.2. The maximum atomic E-state index is 12.6. The molecule has 0 radical (unpaired) electrons. The van der Waals surface area contributed by atoms with E-state index in [0.29, 0.717) is 6.04 Å². The van der Waals surface area contributed by atoms with Crippen LogP contribution in [0.3, 0.4) is 0 Å². The Morgan fingerprint density at radius 1 is 1.04 bits per heavy atom. The molecule has 0 bridgehead atoms. The molecule has 2 saturated carbocycles. The van der Waals surface area contributed by atoms with Gasteiger partial charge in [0.25, 0.3) is 0 Å². The van der Waals surface area contributed by atoms with E-state index in [9.17, 15) is 4.79 Å². The molecule has 27 heavy (non-hydrogen) atoms. The predicted molar refractivity (Wildman–Crippen MR) is 109 cm³/mol. The lowest BCUT2D eigenvalue weighted by Crippen LogP contribution is -2.44. The first kappa shape index (κ1) is 18.9. The fourth-order valence-corrected chi connectivity index (χ4v) is 5.02. The topological polar surface area (TPSA) is 62.2 Å². The number of anilines is 1. The second kappa shape index (κ2) is 9.20. The van der Waals surface area contributed by atoms with Gasteiger partial charge in [-0.1, -0.05) is 19.3 Å². The maximum Gasteiger partial charge on any atom is 0.349 e. The SMILES string of the molecule is O=c1nc(N2CCNCC2)ccn1C1CCC(CNC2CCCCC2)CC1. The smallest absolute Gasteiger partial charge is 0.349 e. The Balaban J connectivity index is 1.28. The van der Waals surface area contributed by atoms with Crippen LogP contribution in [-0.2, 0) is 0 Å². The average Bonchev–Trinajstić information content (AvgIpc) is 2.74. The van der Waals surface area contributed by atoms with Gasteiger partial charge in [-0.2, -0.15) is 4.98 Å². The van der Waals surface area contributed by atoms with Crippen LogP contribution in [-0.4, -0.2) is 48.3 Å². The molecule has 0 amide bonds. The fourth-order valence-electron chi connectivity index (χ4n) is 5.02. The molecule has 4 rings (SSSR count). The van der Waals surface area contributed by atoms with E-state index in [1.54, 1.807) is 0 Å². The van der Waals surface area contributed by atoms with Crippen molar-refractivity contribution < 1.29 is 0 Å². The van der Waals surface area contributed by atoms with Gasteiger partial charge in [0.1, 0.15) is 5.82 Å². The Labute approximate surface area is 162 Å². The molecule has 150 valence electrons. The molecular formula is C21H35N5O. The van der Waals surface area contributed by atoms with E-state index in [4.69, 9.17) is 0 Å². The Kier molecular flexibility index (Phi) is 6.45. The van der Waals surface area contributed by atoms with Crippen LogP contribution in [0.5, 0.6) is 0 Å². The van der Waals surface area contributed by atoms with E-state index in [2.05, 4.69) is 20.5 Å². The Bertz CT molecular complexity index is 640. The zero-order valence-electron chi connectivity index (χ0n) is 16.5. The highest BCUT2D eigenvalue weighted by Crippen LogP contribution is 2.31. The standard InChI is InChI=1S/C21H35N5O/c27-21-24-20(25-14-11-22-12-15-25)10-13-26(21)19-8-6-17(7-9-19)16-23-18-4-2-1-3-5-18/h10,13,17-19,22-23H,1-9,11-12,14-16H2. The first-order chi connectivity index (χ1) is 13.3. The summed E-state index contributed by atoms with van der Waals surface area (Å²) in [5, 5.41) is 7.15. The van der Waals surface area contributed by atoms with Crippen molar-refractivity contribution in [3.05, 3.63) is 22.7 Å². The summed E-state index contributed by atoms with van der Waals surface area (Å²) in [6, 6.07) is 3.11. The van der Waals surface area contributed by atoms with Gasteiger partial charge in [-0.3, -0.25) is 4.57 Å². The van der Waals surface area contributed by atoms with E-state index >= 15 is 0 Å². The summed E-state index contributed by atoms with van der Waals surface area (Å²) in [7, 11) is 0. The number of piperazine rings is 1. The van der Waals surface area contributed by atoms with Crippen LogP contribution >= 0.6 is 0 Å². The van der Waals surface area contributed by atoms with Crippen LogP contribution in [0.4, 0.5) is 5.82 Å². The van der Waals surface area contributed by atoms with Gasteiger partial charge in [0, 0.05) is 44.5 Å². The minimum atomic E-state index is -0.0742. The van der Waals surface area contributed by atoms with Gasteiger partial charge in [-0.25, -0.2) is 4.79 Å². The normalized spacial score (nSPS) is 27.6. The summed E-state index contributed by atoms with van der Waals surface area (Å²) in [6.07, 6.45) is 13.5. The highest BCUT2D eigenvalue weighted by Gasteiger charge is 2.24. The second-order valence-corrected chi connectivity index (χ2v) is 8.63. The van der Waals surface area contributed by atoms with Crippen LogP contribution in [0.2, 0.25) is 0 Å². The molecule has 3 fully saturated rings. The van der Waals surface area contributed by atoms with Gasteiger partial charge in [0.2, 0.25) is 0 Å². The third kappa shape index (κ3) is 4.91. The minimum absolute atomic E-state index is 0.0742. The van der Waals surface area contributed by atoms with E-state index in [1.807, 2.05) is 16.8 Å². The first-order valence-corrected chi connectivity index (χ1v) is 11.1. The molecule has 0 aromatic carbocycles. The maximum absolute atomic E-state index is 12.6. The van der Waals surface area contributed by atoms with Gasteiger partial charge in [-0.05, 0) is 57.1 Å². The Hall–Kier alpha value is -1.40. The molecular weight excluding hydrogens is 338 g/mol. The molecule has 0 unspecified atom stereocenters. The van der Waals surface area contributed by atoms with Crippen molar-refractivity contribution in [2.24, 2.45) is 5.92 Å². The van der Waals surface area contributed by atoms with Gasteiger partial charge in [-0.15, -0.1) is 0 Å². The van der Waals surface area contributed by atoms with Crippen LogP contribution in [0, 0.1) is 5.92 Å². The quantitative estimate of drug-likeness (QED) is 0.829. The van der Waals surface area contributed by atoms with Crippen LogP contribution in [0.25, 0.3) is 0 Å². The zero-order chi connectivity index (χ0) is 18.5. The molecule has 0 spiro atoms. The van der Waals surface area contributed by atoms with E-state index in [0.717, 1.165) is 63.3 Å². The average molecular weight is 374 g/mol. The molecule has 6 heteroatoms. The summed E-state index contributed by atoms with van der Waals surface area (Å²) in [5.74, 6) is 1.61. The van der Waals surface area contributed by atoms with Crippen molar-refractivity contribution in [3.8, 4) is 0 Å². The molecule has 1 saturated heterocycles. The number of nitrogens with zero attached hydrogens (tertiary/aromatic N) is 3. The van der Waals surface area contributed by atoms with Crippen molar-refractivity contribution in [3.63, 3.8) is 0 Å². The predicted octanol–water partition coefficient (Wildman–Crippen LogP) is 2.31. The Morgan fingerprint density at radius 3 is 2.48 bits per heavy atom. The summed E-state index contributed by atoms with van der Waals surface area (Å²) in [5.41, 5.74) is -0.0742. The molecule has 1 aromatic rings. The minimum Gasteiger partial charge on any atom is -0.354 e. The highest BCUT2D eigenvalue weighted by molar-refractivity contribution is 5.37. The number of rotatable bonds is 5. The summed E-state index contributed by atoms with van der Waals surface area (Å²) in [6.45, 7) is 4.94. The lowest BCUT2D eigenvalue weighted by Gasteiger charge is -2.32. The first-order valence-electron chi connectivity index (χ1n) is 11.1. The number of hydrogen-bond acceptors (Lipinski definition) is 5. The molecule has 1 aromatic heterocycles. The summed E-state index contributed by atoms with van der Waals surface area (Å²) < 4.78 is 1.89. The van der Waals surface area contributed by atoms with Crippen LogP contribution < -0.4 is 21.2 Å². The van der Waals surface area contributed by atoms with Crippen molar-refractivity contribution in [2.45, 2.75) is 69.9 Å². The monoisotopic (exact) mass is 373 g/mol. The second-order valence-electron chi connectivity index (χ2n) is 8.63. The van der Waals surface area contributed by atoms with E-state index in [1.165, 1.54) is 44.9 Å². The lowest BCUT2D eigenvalue weighted by molar-refractivity contribution is 0.248. The molecule has 0 atom stereocenters. The van der Waals surface area contributed by atoms with Gasteiger partial charge >= 0.3 is 5.69 Å². The summed E-state index contributed by atoms with van der Waals surface area (Å²) >= 11 is 0. The number of nitrogens with one attached hydrogen (secondary N) is 2. The molecule has 3 aliphatic rings. The van der Waals surface area contributed by atoms with Crippen LogP contribution in [0.15, 0.2) is 17.1 Å². The molecule has 2 heterocycles. The highest BCUT2D eigenvalue weighted by atomic mass is 16.1. The van der Waals surface area contributed by atoms with Crippen molar-refractivity contribution >= 4 is 5.82 Å². The number of hydrogen-bond donors (Lipinski definition) is 2. The third-order valence-corrected chi connectivity index (χ3v) is 6.77.